The average Bonchev–Trinajstić information content (AvgIpc) is 3.10. The van der Waals surface area contributed by atoms with Crippen LogP contribution in [0.25, 0.3) is 0 Å². The molecule has 0 aliphatic rings. The van der Waals surface area contributed by atoms with Gasteiger partial charge in [0, 0.05) is 23.1 Å². The van der Waals surface area contributed by atoms with Crippen LogP contribution in [0.1, 0.15) is 16.0 Å². The van der Waals surface area contributed by atoms with Gasteiger partial charge in [0.25, 0.3) is 0 Å². The number of amides is 1. The van der Waals surface area contributed by atoms with Gasteiger partial charge in [-0.2, -0.15) is 0 Å². The molecule has 0 saturated heterocycles. The maximum absolute atomic E-state index is 13.0. The van der Waals surface area contributed by atoms with E-state index in [-0.39, 0.29) is 18.1 Å². The monoisotopic (exact) mass is 386 g/mol. The molecular weight excluding hydrogens is 367 g/mol. The van der Waals surface area contributed by atoms with Gasteiger partial charge in [-0.1, -0.05) is 12.1 Å². The first-order chi connectivity index (χ1) is 13.1. The third-order valence-electron chi connectivity index (χ3n) is 3.93. The predicted molar refractivity (Wildman–Crippen MR) is 103 cm³/mol. The van der Waals surface area contributed by atoms with Crippen molar-refractivity contribution in [2.24, 2.45) is 0 Å². The topological polar surface area (TPSA) is 60.5 Å². The second kappa shape index (κ2) is 8.64. The van der Waals surface area contributed by atoms with Crippen molar-refractivity contribution in [2.75, 3.05) is 19.5 Å². The molecule has 0 fully saturated rings. The van der Waals surface area contributed by atoms with Gasteiger partial charge in [0.15, 0.2) is 5.13 Å². The lowest BCUT2D eigenvalue weighted by molar-refractivity contribution is -0.115. The van der Waals surface area contributed by atoms with Gasteiger partial charge in [-0.15, -0.1) is 11.3 Å². The van der Waals surface area contributed by atoms with Crippen molar-refractivity contribution in [3.8, 4) is 11.5 Å². The molecule has 27 heavy (non-hydrogen) atoms. The van der Waals surface area contributed by atoms with Crippen molar-refractivity contribution in [2.45, 2.75) is 12.8 Å². The number of nitrogens with one attached hydrogen (secondary N) is 1. The van der Waals surface area contributed by atoms with Crippen molar-refractivity contribution in [3.05, 3.63) is 70.5 Å². The summed E-state index contributed by atoms with van der Waals surface area (Å²) in [5.41, 5.74) is 1.72. The van der Waals surface area contributed by atoms with Crippen LogP contribution in [-0.4, -0.2) is 25.1 Å². The number of hydrogen-bond donors (Lipinski definition) is 1. The molecule has 5 nitrogen and oxygen atoms in total. The Labute approximate surface area is 160 Å². The quantitative estimate of drug-likeness (QED) is 0.665. The van der Waals surface area contributed by atoms with Gasteiger partial charge in [-0.25, -0.2) is 9.37 Å². The zero-order valence-corrected chi connectivity index (χ0v) is 15.8. The van der Waals surface area contributed by atoms with E-state index in [2.05, 4.69) is 10.3 Å². The van der Waals surface area contributed by atoms with Crippen LogP contribution >= 0.6 is 11.3 Å². The Hall–Kier alpha value is -2.93. The first-order valence-corrected chi connectivity index (χ1v) is 9.09. The summed E-state index contributed by atoms with van der Waals surface area (Å²) in [6.45, 7) is 0. The Balaban J connectivity index is 1.63. The molecule has 1 amide bonds. The molecule has 3 aromatic rings. The van der Waals surface area contributed by atoms with Crippen LogP contribution in [0.15, 0.2) is 48.7 Å². The minimum Gasteiger partial charge on any atom is -0.497 e. The van der Waals surface area contributed by atoms with E-state index in [1.165, 1.54) is 23.5 Å². The summed E-state index contributed by atoms with van der Waals surface area (Å²) in [6, 6.07) is 11.7. The first kappa shape index (κ1) is 18.8. The maximum atomic E-state index is 13.0. The Morgan fingerprint density at radius 3 is 2.63 bits per heavy atom. The number of halogens is 1. The molecule has 0 saturated carbocycles. The summed E-state index contributed by atoms with van der Waals surface area (Å²) < 4.78 is 23.5. The highest BCUT2D eigenvalue weighted by molar-refractivity contribution is 7.15. The van der Waals surface area contributed by atoms with E-state index >= 15 is 0 Å². The number of rotatable bonds is 7. The van der Waals surface area contributed by atoms with E-state index in [1.54, 1.807) is 50.7 Å². The van der Waals surface area contributed by atoms with E-state index < -0.39 is 0 Å². The number of carbonyl (C=O) groups is 1. The largest absolute Gasteiger partial charge is 0.497 e. The Morgan fingerprint density at radius 2 is 1.93 bits per heavy atom. The smallest absolute Gasteiger partial charge is 0.230 e. The van der Waals surface area contributed by atoms with Crippen LogP contribution in [0.2, 0.25) is 0 Å². The van der Waals surface area contributed by atoms with Crippen LogP contribution in [0.3, 0.4) is 0 Å². The number of nitrogens with zero attached hydrogens (tertiary/aromatic N) is 1. The molecule has 1 aromatic heterocycles. The number of hydrogen-bond acceptors (Lipinski definition) is 5. The van der Waals surface area contributed by atoms with E-state index in [0.29, 0.717) is 23.1 Å². The molecule has 0 aliphatic heterocycles. The number of anilines is 1. The Morgan fingerprint density at radius 1 is 1.15 bits per heavy atom. The summed E-state index contributed by atoms with van der Waals surface area (Å²) in [5, 5.41) is 3.33. The second-order valence-electron chi connectivity index (χ2n) is 5.84. The number of benzene rings is 2. The number of methoxy groups -OCH3 is 2. The SMILES string of the molecule is COc1ccc(OC)c(CC(=O)Nc2ncc(Cc3ccc(F)cc3)s2)c1. The highest BCUT2D eigenvalue weighted by Crippen LogP contribution is 2.26. The van der Waals surface area contributed by atoms with Gasteiger partial charge >= 0.3 is 0 Å². The van der Waals surface area contributed by atoms with Crippen LogP contribution in [0.4, 0.5) is 9.52 Å². The summed E-state index contributed by atoms with van der Waals surface area (Å²) in [4.78, 5) is 17.6. The fourth-order valence-electron chi connectivity index (χ4n) is 2.61. The molecule has 0 unspecified atom stereocenters. The standard InChI is InChI=1S/C20H19FN2O3S/c1-25-16-7-8-18(26-2)14(10-16)11-19(24)23-20-22-12-17(27-20)9-13-3-5-15(21)6-4-13/h3-8,10,12H,9,11H2,1-2H3,(H,22,23,24). The van der Waals surface area contributed by atoms with Gasteiger partial charge in [-0.05, 0) is 35.9 Å². The molecule has 0 radical (unpaired) electrons. The van der Waals surface area contributed by atoms with Crippen LogP contribution < -0.4 is 14.8 Å². The molecule has 140 valence electrons. The summed E-state index contributed by atoms with van der Waals surface area (Å²) >= 11 is 1.40. The summed E-state index contributed by atoms with van der Waals surface area (Å²) in [6.07, 6.45) is 2.50. The van der Waals surface area contributed by atoms with Crippen molar-refractivity contribution in [1.29, 1.82) is 0 Å². The molecule has 0 atom stereocenters. The summed E-state index contributed by atoms with van der Waals surface area (Å²) in [5.74, 6) is 0.838. The number of aromatic nitrogens is 1. The van der Waals surface area contributed by atoms with Gasteiger partial charge < -0.3 is 14.8 Å². The first-order valence-electron chi connectivity index (χ1n) is 8.27. The summed E-state index contributed by atoms with van der Waals surface area (Å²) in [7, 11) is 3.13. The minimum atomic E-state index is -0.260. The highest BCUT2D eigenvalue weighted by Gasteiger charge is 2.12. The van der Waals surface area contributed by atoms with E-state index in [9.17, 15) is 9.18 Å². The van der Waals surface area contributed by atoms with Crippen LogP contribution in [-0.2, 0) is 17.6 Å². The lowest BCUT2D eigenvalue weighted by atomic mass is 10.1. The van der Waals surface area contributed by atoms with E-state index in [1.807, 2.05) is 0 Å². The Bertz CT molecular complexity index is 925. The molecule has 0 aliphatic carbocycles. The number of carbonyl (C=O) groups excluding carboxylic acids is 1. The number of ether oxygens (including phenoxy) is 2. The molecule has 0 bridgehead atoms. The molecule has 2 aromatic carbocycles. The van der Waals surface area contributed by atoms with Gasteiger partial charge in [0.1, 0.15) is 17.3 Å². The van der Waals surface area contributed by atoms with Crippen LogP contribution in [0.5, 0.6) is 11.5 Å². The third kappa shape index (κ3) is 5.04. The molecular formula is C20H19FN2O3S. The van der Waals surface area contributed by atoms with E-state index in [0.717, 1.165) is 16.0 Å². The molecule has 3 rings (SSSR count). The molecule has 1 heterocycles. The zero-order chi connectivity index (χ0) is 19.2. The van der Waals surface area contributed by atoms with Gasteiger partial charge in [0.05, 0.1) is 20.6 Å². The van der Waals surface area contributed by atoms with Gasteiger partial charge in [0.2, 0.25) is 5.91 Å². The lowest BCUT2D eigenvalue weighted by Crippen LogP contribution is -2.14. The molecule has 1 N–H and O–H groups in total. The Kier molecular flexibility index (Phi) is 6.03. The fourth-order valence-corrected chi connectivity index (χ4v) is 3.47. The minimum absolute atomic E-state index is 0.146. The van der Waals surface area contributed by atoms with Crippen molar-refractivity contribution in [1.82, 2.24) is 4.98 Å². The van der Waals surface area contributed by atoms with Crippen LogP contribution in [0, 0.1) is 5.82 Å². The lowest BCUT2D eigenvalue weighted by Gasteiger charge is -2.10. The predicted octanol–water partition coefficient (Wildman–Crippen LogP) is 4.07. The maximum Gasteiger partial charge on any atom is 0.230 e. The zero-order valence-electron chi connectivity index (χ0n) is 15.0. The fraction of sp³-hybridized carbons (Fsp3) is 0.200. The normalized spacial score (nSPS) is 10.5. The average molecular weight is 386 g/mol. The molecule has 7 heteroatoms. The highest BCUT2D eigenvalue weighted by atomic mass is 32.1. The third-order valence-corrected chi connectivity index (χ3v) is 4.84. The van der Waals surface area contributed by atoms with Crippen molar-refractivity contribution in [3.63, 3.8) is 0 Å². The van der Waals surface area contributed by atoms with Crippen molar-refractivity contribution < 1.29 is 18.7 Å². The van der Waals surface area contributed by atoms with Crippen molar-refractivity contribution >= 4 is 22.4 Å². The number of thiazole rings is 1. The second-order valence-corrected chi connectivity index (χ2v) is 6.95. The van der Waals surface area contributed by atoms with E-state index in [4.69, 9.17) is 9.47 Å². The van der Waals surface area contributed by atoms with Gasteiger partial charge in [-0.3, -0.25) is 4.79 Å². The molecule has 0 spiro atoms.